The maximum Gasteiger partial charge on any atom is 0.255 e. The van der Waals surface area contributed by atoms with Crippen LogP contribution < -0.4 is 32.9 Å². The van der Waals surface area contributed by atoms with Crippen LogP contribution in [0, 0.1) is 0 Å². The number of halogens is 2. The van der Waals surface area contributed by atoms with E-state index >= 15 is 0 Å². The van der Waals surface area contributed by atoms with Gasteiger partial charge in [-0.05, 0) is 24.7 Å². The van der Waals surface area contributed by atoms with E-state index in [0.717, 1.165) is 5.56 Å². The van der Waals surface area contributed by atoms with Crippen LogP contribution in [-0.2, 0) is 11.3 Å². The van der Waals surface area contributed by atoms with Gasteiger partial charge in [-0.15, -0.1) is 0 Å². The van der Waals surface area contributed by atoms with Gasteiger partial charge >= 0.3 is 0 Å². The van der Waals surface area contributed by atoms with Crippen molar-refractivity contribution in [2.45, 2.75) is 6.54 Å². The molecule has 1 rings (SSSR count). The lowest BCUT2D eigenvalue weighted by molar-refractivity contribution is -0.119. The predicted octanol–water partition coefficient (Wildman–Crippen LogP) is -2.06. The molecule has 0 atom stereocenters. The molecule has 0 spiro atoms. The topological polar surface area (TPSA) is 73.6 Å². The van der Waals surface area contributed by atoms with Crippen molar-refractivity contribution in [3.8, 4) is 11.5 Å². The first-order valence-corrected chi connectivity index (χ1v) is 5.38. The zero-order chi connectivity index (χ0) is 12.8. The maximum absolute atomic E-state index is 10.7. The summed E-state index contributed by atoms with van der Waals surface area (Å²) in [5.74, 6) is 0.235. The fraction of sp³-hybridized carbons (Fsp3) is 0.364. The monoisotopic (exact) mass is 293 g/mol. The molecule has 0 bridgehead atoms. The highest BCUT2D eigenvalue weighted by atomic mass is 35.5. The van der Waals surface area contributed by atoms with E-state index in [-0.39, 0.29) is 19.0 Å². The number of nitrogens with two attached hydrogens (primary N) is 1. The second kappa shape index (κ2) is 8.02. The summed E-state index contributed by atoms with van der Waals surface area (Å²) in [6.45, 7) is 0.424. The Balaban J connectivity index is 0.00000289. The van der Waals surface area contributed by atoms with E-state index in [1.54, 1.807) is 12.1 Å². The van der Waals surface area contributed by atoms with Crippen LogP contribution in [0.25, 0.3) is 0 Å². The maximum atomic E-state index is 10.7. The molecule has 0 aliphatic heterocycles. The normalized spacial score (nSPS) is 9.50. The van der Waals surface area contributed by atoms with Gasteiger partial charge in [0.15, 0.2) is 18.1 Å². The first-order chi connectivity index (χ1) is 8.08. The highest BCUT2D eigenvalue weighted by Gasteiger charge is 2.12. The summed E-state index contributed by atoms with van der Waals surface area (Å²) in [6, 6.07) is 3.54. The van der Waals surface area contributed by atoms with Crippen LogP contribution in [0.2, 0.25) is 5.02 Å². The molecule has 18 heavy (non-hydrogen) atoms. The number of hydrogen-bond donors (Lipinski definition) is 2. The van der Waals surface area contributed by atoms with Gasteiger partial charge in [0.25, 0.3) is 5.91 Å². The molecular formula is C11H15Cl2N2O3-. The average molecular weight is 294 g/mol. The van der Waals surface area contributed by atoms with Crippen LogP contribution in [0.4, 0.5) is 0 Å². The van der Waals surface area contributed by atoms with Crippen molar-refractivity contribution >= 4 is 17.5 Å². The third-order valence-corrected chi connectivity index (χ3v) is 2.31. The largest absolute Gasteiger partial charge is 1.00 e. The molecule has 102 valence electrons. The summed E-state index contributed by atoms with van der Waals surface area (Å²) in [5.41, 5.74) is 5.96. The Morgan fingerprint density at radius 1 is 1.50 bits per heavy atom. The standard InChI is InChI=1S/C11H15ClN2O3.ClH/c1-14-5-7-3-8(12)11(9(4-7)16-2)17-6-10(13)15;/h3-4,14H,5-6H2,1-2H3,(H2,13,15);1H/p-1. The molecule has 0 aliphatic rings. The van der Waals surface area contributed by atoms with Crippen LogP contribution in [0.15, 0.2) is 12.1 Å². The molecule has 0 fully saturated rings. The third kappa shape index (κ3) is 4.60. The minimum atomic E-state index is -0.567. The van der Waals surface area contributed by atoms with Crippen LogP contribution >= 0.6 is 11.6 Å². The van der Waals surface area contributed by atoms with Crippen LogP contribution in [0.3, 0.4) is 0 Å². The van der Waals surface area contributed by atoms with Gasteiger partial charge in [0.1, 0.15) is 0 Å². The van der Waals surface area contributed by atoms with Crippen molar-refractivity contribution in [3.63, 3.8) is 0 Å². The van der Waals surface area contributed by atoms with E-state index in [1.807, 2.05) is 7.05 Å². The fourth-order valence-corrected chi connectivity index (χ4v) is 1.65. The molecule has 1 aromatic rings. The predicted molar refractivity (Wildman–Crippen MR) is 65.5 cm³/mol. The summed E-state index contributed by atoms with van der Waals surface area (Å²) < 4.78 is 10.4. The van der Waals surface area contributed by atoms with E-state index in [0.29, 0.717) is 23.1 Å². The molecule has 3 N–H and O–H groups in total. The molecular weight excluding hydrogens is 279 g/mol. The number of methoxy groups -OCH3 is 1. The van der Waals surface area contributed by atoms with E-state index in [9.17, 15) is 4.79 Å². The van der Waals surface area contributed by atoms with E-state index < -0.39 is 5.91 Å². The molecule has 0 aliphatic carbocycles. The first kappa shape index (κ1) is 16.8. The SMILES string of the molecule is CNCc1cc(Cl)c(OCC(N)=O)c(OC)c1.[Cl-]. The number of benzene rings is 1. The van der Waals surface area contributed by atoms with Gasteiger partial charge in [0, 0.05) is 6.54 Å². The Bertz CT molecular complexity index is 414. The number of carbonyl (C=O) groups is 1. The number of primary amides is 1. The minimum absolute atomic E-state index is 0. The summed E-state index contributed by atoms with van der Waals surface area (Å²) in [5, 5.41) is 3.39. The Labute approximate surface area is 117 Å². The van der Waals surface area contributed by atoms with Crippen molar-refractivity contribution in [1.29, 1.82) is 0 Å². The zero-order valence-corrected chi connectivity index (χ0v) is 11.6. The van der Waals surface area contributed by atoms with Gasteiger partial charge in [0.05, 0.1) is 12.1 Å². The smallest absolute Gasteiger partial charge is 0.255 e. The van der Waals surface area contributed by atoms with Crippen molar-refractivity contribution in [3.05, 3.63) is 22.7 Å². The molecule has 0 radical (unpaired) electrons. The molecule has 0 heterocycles. The van der Waals surface area contributed by atoms with Gasteiger partial charge in [-0.3, -0.25) is 4.79 Å². The van der Waals surface area contributed by atoms with Gasteiger partial charge in [-0.2, -0.15) is 0 Å². The number of rotatable bonds is 6. The van der Waals surface area contributed by atoms with Gasteiger partial charge < -0.3 is 32.9 Å². The molecule has 7 heteroatoms. The van der Waals surface area contributed by atoms with Crippen LogP contribution in [0.5, 0.6) is 11.5 Å². The molecule has 5 nitrogen and oxygen atoms in total. The van der Waals surface area contributed by atoms with E-state index in [1.165, 1.54) is 7.11 Å². The Morgan fingerprint density at radius 2 is 2.17 bits per heavy atom. The number of nitrogens with one attached hydrogen (secondary N) is 1. The number of ether oxygens (including phenoxy) is 2. The Morgan fingerprint density at radius 3 is 2.67 bits per heavy atom. The lowest BCUT2D eigenvalue weighted by Crippen LogP contribution is -3.00. The number of carbonyl (C=O) groups excluding carboxylic acids is 1. The lowest BCUT2D eigenvalue weighted by Gasteiger charge is -2.13. The molecule has 0 saturated carbocycles. The summed E-state index contributed by atoms with van der Waals surface area (Å²) in [4.78, 5) is 10.7. The Hall–Kier alpha value is -1.17. The van der Waals surface area contributed by atoms with Crippen molar-refractivity contribution in [2.75, 3.05) is 20.8 Å². The average Bonchev–Trinajstić information content (AvgIpc) is 2.27. The fourth-order valence-electron chi connectivity index (χ4n) is 1.36. The highest BCUT2D eigenvalue weighted by Crippen LogP contribution is 2.36. The van der Waals surface area contributed by atoms with Gasteiger partial charge in [0.2, 0.25) is 0 Å². The molecule has 1 aromatic carbocycles. The van der Waals surface area contributed by atoms with Crippen LogP contribution in [0.1, 0.15) is 5.56 Å². The lowest BCUT2D eigenvalue weighted by atomic mass is 10.2. The molecule has 0 aromatic heterocycles. The summed E-state index contributed by atoms with van der Waals surface area (Å²) in [6.07, 6.45) is 0. The van der Waals surface area contributed by atoms with Gasteiger partial charge in [-0.25, -0.2) is 0 Å². The van der Waals surface area contributed by atoms with E-state index in [2.05, 4.69) is 5.32 Å². The van der Waals surface area contributed by atoms with Gasteiger partial charge in [-0.1, -0.05) is 11.6 Å². The third-order valence-electron chi connectivity index (χ3n) is 2.03. The second-order valence-corrected chi connectivity index (χ2v) is 3.80. The molecule has 1 amide bonds. The summed E-state index contributed by atoms with van der Waals surface area (Å²) in [7, 11) is 3.34. The van der Waals surface area contributed by atoms with E-state index in [4.69, 9.17) is 26.8 Å². The summed E-state index contributed by atoms with van der Waals surface area (Å²) >= 11 is 6.05. The zero-order valence-electron chi connectivity index (χ0n) is 10.1. The second-order valence-electron chi connectivity index (χ2n) is 3.39. The Kier molecular flexibility index (Phi) is 7.50. The minimum Gasteiger partial charge on any atom is -1.00 e. The quantitative estimate of drug-likeness (QED) is 0.632. The highest BCUT2D eigenvalue weighted by molar-refractivity contribution is 6.32. The first-order valence-electron chi connectivity index (χ1n) is 5.00. The van der Waals surface area contributed by atoms with Crippen molar-refractivity contribution in [1.82, 2.24) is 5.32 Å². The molecule has 0 saturated heterocycles. The number of amides is 1. The molecule has 0 unspecified atom stereocenters. The number of hydrogen-bond acceptors (Lipinski definition) is 4. The van der Waals surface area contributed by atoms with Crippen molar-refractivity contribution < 1.29 is 26.7 Å². The van der Waals surface area contributed by atoms with Crippen LogP contribution in [-0.4, -0.2) is 26.7 Å². The van der Waals surface area contributed by atoms with Crippen molar-refractivity contribution in [2.24, 2.45) is 5.73 Å².